The lowest BCUT2D eigenvalue weighted by molar-refractivity contribution is 0.341. The van der Waals surface area contributed by atoms with Crippen molar-refractivity contribution in [2.45, 2.75) is 26.8 Å². The first-order chi connectivity index (χ1) is 13.2. The molecule has 3 aromatic rings. The number of aromatic nitrogens is 3. The van der Waals surface area contributed by atoms with Gasteiger partial charge in [0.25, 0.3) is 0 Å². The van der Waals surface area contributed by atoms with E-state index in [-0.39, 0.29) is 0 Å². The van der Waals surface area contributed by atoms with Crippen molar-refractivity contribution in [3.63, 3.8) is 0 Å². The second-order valence-corrected chi connectivity index (χ2v) is 6.57. The second-order valence-electron chi connectivity index (χ2n) is 6.57. The molecule has 0 saturated carbocycles. The predicted octanol–water partition coefficient (Wildman–Crippen LogP) is 3.61. The zero-order valence-corrected chi connectivity index (χ0v) is 15.5. The van der Waals surface area contributed by atoms with Gasteiger partial charge in [-0.3, -0.25) is 5.10 Å². The summed E-state index contributed by atoms with van der Waals surface area (Å²) in [5.74, 6) is 1.58. The molecule has 0 radical (unpaired) electrons. The third-order valence-corrected chi connectivity index (χ3v) is 4.81. The lowest BCUT2D eigenvalue weighted by atomic mass is 10.00. The van der Waals surface area contributed by atoms with Gasteiger partial charge < -0.3 is 9.64 Å². The lowest BCUT2D eigenvalue weighted by Crippen LogP contribution is -2.31. The molecule has 1 N–H and O–H groups in total. The molecule has 0 aliphatic carbocycles. The number of benzene rings is 1. The maximum absolute atomic E-state index is 9.47. The highest BCUT2D eigenvalue weighted by Gasteiger charge is 2.26. The van der Waals surface area contributed by atoms with E-state index in [2.05, 4.69) is 26.2 Å². The van der Waals surface area contributed by atoms with Gasteiger partial charge in [0.2, 0.25) is 0 Å². The molecule has 1 aliphatic heterocycles. The van der Waals surface area contributed by atoms with Crippen molar-refractivity contribution in [2.75, 3.05) is 18.1 Å². The highest BCUT2D eigenvalue weighted by atomic mass is 16.5. The maximum atomic E-state index is 9.47. The number of H-pyrrole nitrogens is 1. The minimum Gasteiger partial charge on any atom is -0.493 e. The standard InChI is InChI=1S/C21H21N5O/c1-3-27-19-7-5-4-6-16(19)20-17-13-26(11-10-18(17)24-25-20)21-15(12-22)9-8-14(2)23-21/h4-9H,3,10-11,13H2,1-2H3,(H,24,25). The van der Waals surface area contributed by atoms with Crippen LogP contribution in [0.15, 0.2) is 36.4 Å². The molecule has 3 heterocycles. The molecule has 0 saturated heterocycles. The van der Waals surface area contributed by atoms with Gasteiger partial charge in [-0.05, 0) is 38.1 Å². The first-order valence-corrected chi connectivity index (χ1v) is 9.12. The monoisotopic (exact) mass is 359 g/mol. The molecule has 0 atom stereocenters. The third kappa shape index (κ3) is 3.13. The first kappa shape index (κ1) is 17.1. The summed E-state index contributed by atoms with van der Waals surface area (Å²) < 4.78 is 5.79. The van der Waals surface area contributed by atoms with Crippen molar-refractivity contribution in [1.29, 1.82) is 5.26 Å². The quantitative estimate of drug-likeness (QED) is 0.770. The van der Waals surface area contributed by atoms with Crippen LogP contribution in [0.5, 0.6) is 5.75 Å². The molecule has 136 valence electrons. The van der Waals surface area contributed by atoms with Crippen LogP contribution in [0.4, 0.5) is 5.82 Å². The zero-order valence-electron chi connectivity index (χ0n) is 15.5. The van der Waals surface area contributed by atoms with Crippen LogP contribution >= 0.6 is 0 Å². The van der Waals surface area contributed by atoms with E-state index in [1.54, 1.807) is 0 Å². The number of aryl methyl sites for hydroxylation is 1. The lowest BCUT2D eigenvalue weighted by Gasteiger charge is -2.29. The molecular weight excluding hydrogens is 338 g/mol. The minimum absolute atomic E-state index is 0.601. The van der Waals surface area contributed by atoms with E-state index in [0.29, 0.717) is 18.7 Å². The van der Waals surface area contributed by atoms with Gasteiger partial charge >= 0.3 is 0 Å². The van der Waals surface area contributed by atoms with Crippen LogP contribution in [0, 0.1) is 18.3 Å². The van der Waals surface area contributed by atoms with Crippen molar-refractivity contribution in [3.05, 3.63) is 58.9 Å². The van der Waals surface area contributed by atoms with E-state index in [1.807, 2.05) is 50.2 Å². The van der Waals surface area contributed by atoms with Crippen LogP contribution < -0.4 is 9.64 Å². The second kappa shape index (κ2) is 7.12. The Morgan fingerprint density at radius 2 is 2.11 bits per heavy atom. The fourth-order valence-corrected chi connectivity index (χ4v) is 3.51. The van der Waals surface area contributed by atoms with Crippen LogP contribution in [0.3, 0.4) is 0 Å². The average molecular weight is 359 g/mol. The highest BCUT2D eigenvalue weighted by Crippen LogP contribution is 2.35. The van der Waals surface area contributed by atoms with E-state index >= 15 is 0 Å². The van der Waals surface area contributed by atoms with Crippen LogP contribution in [-0.2, 0) is 13.0 Å². The molecule has 27 heavy (non-hydrogen) atoms. The number of pyridine rings is 1. The normalized spacial score (nSPS) is 13.1. The number of anilines is 1. The molecule has 2 aromatic heterocycles. The first-order valence-electron chi connectivity index (χ1n) is 9.12. The number of rotatable bonds is 4. The molecule has 1 aromatic carbocycles. The van der Waals surface area contributed by atoms with Gasteiger partial charge in [0, 0.05) is 42.0 Å². The van der Waals surface area contributed by atoms with E-state index < -0.39 is 0 Å². The summed E-state index contributed by atoms with van der Waals surface area (Å²) in [5.41, 5.74) is 5.67. The van der Waals surface area contributed by atoms with Gasteiger partial charge in [0.15, 0.2) is 0 Å². The van der Waals surface area contributed by atoms with Crippen LogP contribution in [0.1, 0.15) is 29.4 Å². The number of nitriles is 1. The predicted molar refractivity (Wildman–Crippen MR) is 104 cm³/mol. The smallest absolute Gasteiger partial charge is 0.147 e. The molecule has 0 bridgehead atoms. The maximum Gasteiger partial charge on any atom is 0.147 e. The largest absolute Gasteiger partial charge is 0.493 e. The summed E-state index contributed by atoms with van der Waals surface area (Å²) in [6.45, 7) is 5.99. The summed E-state index contributed by atoms with van der Waals surface area (Å²) in [6.07, 6.45) is 0.833. The Labute approximate surface area is 158 Å². The Hall–Kier alpha value is -3.33. The molecule has 0 fully saturated rings. The fraction of sp³-hybridized carbons (Fsp3) is 0.286. The Kier molecular flexibility index (Phi) is 4.51. The minimum atomic E-state index is 0.601. The van der Waals surface area contributed by atoms with E-state index in [4.69, 9.17) is 4.74 Å². The van der Waals surface area contributed by atoms with Gasteiger partial charge in [0.1, 0.15) is 23.3 Å². The molecule has 6 heteroatoms. The van der Waals surface area contributed by atoms with E-state index in [9.17, 15) is 5.26 Å². The van der Waals surface area contributed by atoms with Crippen molar-refractivity contribution in [3.8, 4) is 23.1 Å². The van der Waals surface area contributed by atoms with Gasteiger partial charge in [0.05, 0.1) is 12.2 Å². The molecular formula is C21H21N5O. The van der Waals surface area contributed by atoms with Gasteiger partial charge in [-0.1, -0.05) is 12.1 Å². The Balaban J connectivity index is 1.74. The molecule has 0 spiro atoms. The number of nitrogens with one attached hydrogen (secondary N) is 1. The number of aromatic amines is 1. The number of fused-ring (bicyclic) bond motifs is 1. The number of hydrogen-bond acceptors (Lipinski definition) is 5. The van der Waals surface area contributed by atoms with Crippen LogP contribution in [0.25, 0.3) is 11.3 Å². The molecule has 1 aliphatic rings. The van der Waals surface area contributed by atoms with Crippen LogP contribution in [0.2, 0.25) is 0 Å². The van der Waals surface area contributed by atoms with Crippen molar-refractivity contribution >= 4 is 5.82 Å². The van der Waals surface area contributed by atoms with Gasteiger partial charge in [-0.25, -0.2) is 4.98 Å². The number of hydrogen-bond donors (Lipinski definition) is 1. The highest BCUT2D eigenvalue weighted by molar-refractivity contribution is 5.72. The Morgan fingerprint density at radius 3 is 2.93 bits per heavy atom. The summed E-state index contributed by atoms with van der Waals surface area (Å²) >= 11 is 0. The molecule has 0 amide bonds. The van der Waals surface area contributed by atoms with Crippen molar-refractivity contribution < 1.29 is 4.74 Å². The van der Waals surface area contributed by atoms with E-state index in [0.717, 1.165) is 52.7 Å². The molecule has 4 rings (SSSR count). The molecule has 0 unspecified atom stereocenters. The zero-order chi connectivity index (χ0) is 18.8. The number of ether oxygens (including phenoxy) is 1. The molecule has 6 nitrogen and oxygen atoms in total. The summed E-state index contributed by atoms with van der Waals surface area (Å²) in [7, 11) is 0. The summed E-state index contributed by atoms with van der Waals surface area (Å²) in [4.78, 5) is 6.79. The third-order valence-electron chi connectivity index (χ3n) is 4.81. The van der Waals surface area contributed by atoms with Gasteiger partial charge in [-0.15, -0.1) is 0 Å². The number of nitrogens with zero attached hydrogens (tertiary/aromatic N) is 4. The average Bonchev–Trinajstić information content (AvgIpc) is 3.11. The SMILES string of the molecule is CCOc1ccccc1-c1n[nH]c2c1CN(c1nc(C)ccc1C#N)CC2. The number of para-hydroxylation sites is 1. The van der Waals surface area contributed by atoms with Crippen LogP contribution in [-0.4, -0.2) is 28.3 Å². The summed E-state index contributed by atoms with van der Waals surface area (Å²) in [6, 6.07) is 13.9. The Bertz CT molecular complexity index is 1020. The Morgan fingerprint density at radius 1 is 1.26 bits per heavy atom. The van der Waals surface area contributed by atoms with Gasteiger partial charge in [-0.2, -0.15) is 10.4 Å². The van der Waals surface area contributed by atoms with E-state index in [1.165, 1.54) is 0 Å². The van der Waals surface area contributed by atoms with Crippen molar-refractivity contribution in [2.24, 2.45) is 0 Å². The fourth-order valence-electron chi connectivity index (χ4n) is 3.51. The van der Waals surface area contributed by atoms with Crippen molar-refractivity contribution in [1.82, 2.24) is 15.2 Å². The summed E-state index contributed by atoms with van der Waals surface area (Å²) in [5, 5.41) is 17.2. The topological polar surface area (TPSA) is 77.8 Å².